The third-order valence-electron chi connectivity index (χ3n) is 3.14. The Labute approximate surface area is 114 Å². The molecule has 0 spiro atoms. The van der Waals surface area contributed by atoms with Gasteiger partial charge >= 0.3 is 0 Å². The number of fused-ring (bicyclic) bond motifs is 1. The van der Waals surface area contributed by atoms with Crippen molar-refractivity contribution in [2.45, 2.75) is 32.8 Å². The first-order chi connectivity index (χ1) is 9.02. The zero-order chi connectivity index (χ0) is 14.0. The van der Waals surface area contributed by atoms with Gasteiger partial charge in [-0.1, -0.05) is 19.9 Å². The van der Waals surface area contributed by atoms with Gasteiger partial charge in [0.2, 0.25) is 0 Å². The molecule has 2 aromatic rings. The van der Waals surface area contributed by atoms with Gasteiger partial charge in [-0.25, -0.2) is 0 Å². The summed E-state index contributed by atoms with van der Waals surface area (Å²) >= 11 is 0. The molecule has 19 heavy (non-hydrogen) atoms. The van der Waals surface area contributed by atoms with E-state index in [0.717, 1.165) is 11.3 Å². The van der Waals surface area contributed by atoms with Crippen LogP contribution < -0.4 is 4.74 Å². The molecule has 0 bridgehead atoms. The van der Waals surface area contributed by atoms with E-state index >= 15 is 0 Å². The molecule has 0 saturated heterocycles. The van der Waals surface area contributed by atoms with Crippen molar-refractivity contribution in [2.75, 3.05) is 13.7 Å². The lowest BCUT2D eigenvalue weighted by Gasteiger charge is -2.15. The quantitative estimate of drug-likeness (QED) is 0.830. The van der Waals surface area contributed by atoms with E-state index < -0.39 is 0 Å². The summed E-state index contributed by atoms with van der Waals surface area (Å²) in [6.45, 7) is 6.95. The van der Waals surface area contributed by atoms with Crippen LogP contribution in [0, 0.1) is 0 Å². The first-order valence-electron chi connectivity index (χ1n) is 6.64. The van der Waals surface area contributed by atoms with Crippen LogP contribution in [0.1, 0.15) is 32.3 Å². The maximum Gasteiger partial charge on any atom is 0.147 e. The van der Waals surface area contributed by atoms with Crippen LogP contribution in [-0.4, -0.2) is 29.6 Å². The Hall–Kier alpha value is -1.55. The fourth-order valence-electron chi connectivity index (χ4n) is 2.30. The molecule has 1 aromatic heterocycles. The Bertz CT molecular complexity index is 561. The maximum absolute atomic E-state index is 5.92. The summed E-state index contributed by atoms with van der Waals surface area (Å²) in [7, 11) is 3.62. The van der Waals surface area contributed by atoms with E-state index in [-0.39, 0.29) is 6.10 Å². The molecular weight excluding hydrogens is 240 g/mol. The first-order valence-corrected chi connectivity index (χ1v) is 6.64. The van der Waals surface area contributed by atoms with E-state index in [2.05, 4.69) is 31.2 Å². The van der Waals surface area contributed by atoms with E-state index in [1.165, 1.54) is 10.9 Å². The minimum atomic E-state index is 0.0140. The number of nitrogens with zero attached hydrogens (tertiary/aromatic N) is 2. The van der Waals surface area contributed by atoms with Crippen LogP contribution in [0.3, 0.4) is 0 Å². The van der Waals surface area contributed by atoms with Gasteiger partial charge in [0.15, 0.2) is 0 Å². The smallest absolute Gasteiger partial charge is 0.147 e. The summed E-state index contributed by atoms with van der Waals surface area (Å²) in [5.41, 5.74) is 2.23. The molecule has 0 aliphatic heterocycles. The number of benzene rings is 1. The second-order valence-electron chi connectivity index (χ2n) is 5.26. The highest BCUT2D eigenvalue weighted by Crippen LogP contribution is 2.31. The van der Waals surface area contributed by atoms with Crippen LogP contribution in [0.4, 0.5) is 0 Å². The van der Waals surface area contributed by atoms with E-state index in [0.29, 0.717) is 12.5 Å². The number of ether oxygens (including phenoxy) is 2. The van der Waals surface area contributed by atoms with Crippen molar-refractivity contribution in [3.05, 3.63) is 23.9 Å². The van der Waals surface area contributed by atoms with Gasteiger partial charge < -0.3 is 9.47 Å². The third-order valence-corrected chi connectivity index (χ3v) is 3.14. The van der Waals surface area contributed by atoms with Gasteiger partial charge in [-0.15, -0.1) is 0 Å². The molecule has 1 heterocycles. The number of methoxy groups -OCH3 is 1. The second-order valence-corrected chi connectivity index (χ2v) is 5.26. The minimum absolute atomic E-state index is 0.0140. The average Bonchev–Trinajstić information content (AvgIpc) is 2.71. The summed E-state index contributed by atoms with van der Waals surface area (Å²) in [6, 6.07) is 4.14. The van der Waals surface area contributed by atoms with E-state index in [4.69, 9.17) is 9.47 Å². The topological polar surface area (TPSA) is 36.3 Å². The molecule has 0 radical (unpaired) electrons. The van der Waals surface area contributed by atoms with Crippen molar-refractivity contribution < 1.29 is 9.47 Å². The van der Waals surface area contributed by atoms with Crippen LogP contribution in [0.15, 0.2) is 18.3 Å². The van der Waals surface area contributed by atoms with Crippen LogP contribution >= 0.6 is 0 Å². The van der Waals surface area contributed by atoms with Crippen molar-refractivity contribution in [1.82, 2.24) is 9.78 Å². The zero-order valence-electron chi connectivity index (χ0n) is 12.3. The summed E-state index contributed by atoms with van der Waals surface area (Å²) in [5.74, 6) is 1.29. The van der Waals surface area contributed by atoms with Crippen molar-refractivity contribution >= 4 is 10.9 Å². The minimum Gasteiger partial charge on any atom is -0.486 e. The zero-order valence-corrected chi connectivity index (χ0v) is 12.3. The number of rotatable bonds is 5. The Kier molecular flexibility index (Phi) is 4.10. The van der Waals surface area contributed by atoms with Gasteiger partial charge in [0, 0.05) is 25.7 Å². The van der Waals surface area contributed by atoms with Crippen molar-refractivity contribution in [3.8, 4) is 5.75 Å². The highest BCUT2D eigenvalue weighted by atomic mass is 16.5. The fourth-order valence-corrected chi connectivity index (χ4v) is 2.30. The number of hydrogen-bond acceptors (Lipinski definition) is 3. The maximum atomic E-state index is 5.92. The van der Waals surface area contributed by atoms with Crippen molar-refractivity contribution in [2.24, 2.45) is 7.05 Å². The molecule has 0 aliphatic carbocycles. The second kappa shape index (κ2) is 5.61. The highest BCUT2D eigenvalue weighted by Gasteiger charge is 2.14. The van der Waals surface area contributed by atoms with Gasteiger partial charge in [0.1, 0.15) is 17.4 Å². The molecular formula is C15H22N2O2. The van der Waals surface area contributed by atoms with Crippen molar-refractivity contribution in [3.63, 3.8) is 0 Å². The Morgan fingerprint density at radius 3 is 2.63 bits per heavy atom. The number of aromatic nitrogens is 2. The van der Waals surface area contributed by atoms with Gasteiger partial charge in [-0.2, -0.15) is 5.10 Å². The van der Waals surface area contributed by atoms with Crippen LogP contribution in [0.25, 0.3) is 10.9 Å². The molecule has 0 aliphatic rings. The molecule has 0 fully saturated rings. The number of aryl methyl sites for hydroxylation is 1. The van der Waals surface area contributed by atoms with E-state index in [1.54, 1.807) is 7.11 Å². The fraction of sp³-hybridized carbons (Fsp3) is 0.533. The monoisotopic (exact) mass is 262 g/mol. The molecule has 0 saturated carbocycles. The lowest BCUT2D eigenvalue weighted by atomic mass is 9.99. The summed E-state index contributed by atoms with van der Waals surface area (Å²) in [5, 5.41) is 5.69. The van der Waals surface area contributed by atoms with Crippen LogP contribution in [0.5, 0.6) is 5.75 Å². The SMILES string of the molecule is COC[C@H](C)Oc1ccc(C(C)C)c2cn(C)nc12. The van der Waals surface area contributed by atoms with Gasteiger partial charge in [-0.05, 0) is 24.5 Å². The van der Waals surface area contributed by atoms with Gasteiger partial charge in [0.05, 0.1) is 6.61 Å². The van der Waals surface area contributed by atoms with Crippen molar-refractivity contribution in [1.29, 1.82) is 0 Å². The molecule has 1 atom stereocenters. The normalized spacial score (nSPS) is 13.2. The average molecular weight is 262 g/mol. The molecule has 2 rings (SSSR count). The summed E-state index contributed by atoms with van der Waals surface area (Å²) in [4.78, 5) is 0. The lowest BCUT2D eigenvalue weighted by Crippen LogP contribution is -2.18. The number of hydrogen-bond donors (Lipinski definition) is 0. The Morgan fingerprint density at radius 2 is 2.00 bits per heavy atom. The van der Waals surface area contributed by atoms with E-state index in [9.17, 15) is 0 Å². The van der Waals surface area contributed by atoms with Gasteiger partial charge in [0.25, 0.3) is 0 Å². The van der Waals surface area contributed by atoms with Gasteiger partial charge in [-0.3, -0.25) is 4.68 Å². The summed E-state index contributed by atoms with van der Waals surface area (Å²) < 4.78 is 12.9. The first kappa shape index (κ1) is 13.9. The third kappa shape index (κ3) is 2.89. The molecule has 0 amide bonds. The van der Waals surface area contributed by atoms with Crippen LogP contribution in [-0.2, 0) is 11.8 Å². The largest absolute Gasteiger partial charge is 0.486 e. The summed E-state index contributed by atoms with van der Waals surface area (Å²) in [6.07, 6.45) is 2.07. The molecule has 1 aromatic carbocycles. The van der Waals surface area contributed by atoms with Crippen LogP contribution in [0.2, 0.25) is 0 Å². The molecule has 104 valence electrons. The Morgan fingerprint density at radius 1 is 1.26 bits per heavy atom. The predicted molar refractivity (Wildman–Crippen MR) is 76.8 cm³/mol. The standard InChI is InChI=1S/C15H22N2O2/c1-10(2)12-6-7-14(19-11(3)9-18-5)15-13(12)8-17(4)16-15/h6-8,10-11H,9H2,1-5H3/t11-/m0/s1. The molecule has 0 N–H and O–H groups in total. The molecule has 4 heteroatoms. The Balaban J connectivity index is 2.43. The highest BCUT2D eigenvalue weighted by molar-refractivity contribution is 5.87. The molecule has 4 nitrogen and oxygen atoms in total. The van der Waals surface area contributed by atoms with E-state index in [1.807, 2.05) is 24.7 Å². The predicted octanol–water partition coefficient (Wildman–Crippen LogP) is 3.11. The lowest BCUT2D eigenvalue weighted by molar-refractivity contribution is 0.0929. The molecule has 0 unspecified atom stereocenters.